The molecule has 1 aromatic heterocycles. The second-order valence-electron chi connectivity index (χ2n) is 4.21. The number of aromatic nitrogens is 1. The lowest BCUT2D eigenvalue weighted by atomic mass is 9.96. The molecule has 90 valence electrons. The van der Waals surface area contributed by atoms with Crippen LogP contribution >= 0.6 is 11.3 Å². The summed E-state index contributed by atoms with van der Waals surface area (Å²) in [5, 5.41) is 13.6. The average molecular weight is 248 g/mol. The molecule has 4 heteroatoms. The van der Waals surface area contributed by atoms with Crippen LogP contribution in [0.3, 0.4) is 0 Å². The van der Waals surface area contributed by atoms with Gasteiger partial charge < -0.3 is 10.4 Å². The lowest BCUT2D eigenvalue weighted by Crippen LogP contribution is -2.34. The Morgan fingerprint density at radius 1 is 1.35 bits per heavy atom. The van der Waals surface area contributed by atoms with E-state index in [0.29, 0.717) is 6.54 Å². The highest BCUT2D eigenvalue weighted by Crippen LogP contribution is 2.19. The van der Waals surface area contributed by atoms with Gasteiger partial charge in [0, 0.05) is 24.2 Å². The summed E-state index contributed by atoms with van der Waals surface area (Å²) >= 11 is 1.61. The van der Waals surface area contributed by atoms with Gasteiger partial charge in [-0.2, -0.15) is 0 Å². The number of hydrogen-bond acceptors (Lipinski definition) is 4. The van der Waals surface area contributed by atoms with Crippen LogP contribution in [-0.4, -0.2) is 16.6 Å². The number of benzene rings is 1. The fraction of sp³-hybridized carbons (Fsp3) is 0.308. The van der Waals surface area contributed by atoms with E-state index in [9.17, 15) is 5.11 Å². The molecule has 1 unspecified atom stereocenters. The predicted octanol–water partition coefficient (Wildman–Crippen LogP) is 2.14. The van der Waals surface area contributed by atoms with Gasteiger partial charge in [0.1, 0.15) is 0 Å². The highest BCUT2D eigenvalue weighted by molar-refractivity contribution is 7.09. The van der Waals surface area contributed by atoms with Gasteiger partial charge in [0.15, 0.2) is 0 Å². The third kappa shape index (κ3) is 3.36. The molecular weight excluding hydrogens is 232 g/mol. The molecule has 0 spiro atoms. The first kappa shape index (κ1) is 12.2. The third-order valence-corrected chi connectivity index (χ3v) is 3.43. The Labute approximate surface area is 105 Å². The fourth-order valence-electron chi connectivity index (χ4n) is 1.66. The third-order valence-electron chi connectivity index (χ3n) is 2.65. The largest absolute Gasteiger partial charge is 0.384 e. The van der Waals surface area contributed by atoms with Crippen LogP contribution in [0, 0.1) is 0 Å². The summed E-state index contributed by atoms with van der Waals surface area (Å²) in [4.78, 5) is 5.19. The number of rotatable bonds is 5. The van der Waals surface area contributed by atoms with E-state index in [1.165, 1.54) is 4.88 Å². The summed E-state index contributed by atoms with van der Waals surface area (Å²) < 4.78 is 0. The zero-order valence-corrected chi connectivity index (χ0v) is 10.6. The molecule has 0 saturated carbocycles. The minimum absolute atomic E-state index is 0.523. The number of hydrogen-bond donors (Lipinski definition) is 2. The first-order valence-electron chi connectivity index (χ1n) is 5.54. The van der Waals surface area contributed by atoms with Gasteiger partial charge in [0.2, 0.25) is 0 Å². The summed E-state index contributed by atoms with van der Waals surface area (Å²) in [7, 11) is 0. The van der Waals surface area contributed by atoms with E-state index in [1.54, 1.807) is 11.3 Å². The van der Waals surface area contributed by atoms with Gasteiger partial charge in [-0.1, -0.05) is 30.3 Å². The lowest BCUT2D eigenvalue weighted by molar-refractivity contribution is 0.0567. The van der Waals surface area contributed by atoms with Crippen LogP contribution in [0.1, 0.15) is 17.4 Å². The highest BCUT2D eigenvalue weighted by Gasteiger charge is 2.21. The average Bonchev–Trinajstić information content (AvgIpc) is 2.83. The van der Waals surface area contributed by atoms with Crippen LogP contribution in [0.4, 0.5) is 0 Å². The Bertz CT molecular complexity index is 440. The standard InChI is InChI=1S/C13H16N2OS/c1-13(16,11-5-3-2-4-6-11)9-14-7-12-8-15-10-17-12/h2-6,8,10,14,16H,7,9H2,1H3. The molecule has 0 radical (unpaired) electrons. The van der Waals surface area contributed by atoms with Gasteiger partial charge in [-0.05, 0) is 12.5 Å². The Balaban J connectivity index is 1.90. The molecule has 0 amide bonds. The summed E-state index contributed by atoms with van der Waals surface area (Å²) in [6.45, 7) is 3.09. The Morgan fingerprint density at radius 3 is 2.76 bits per heavy atom. The molecule has 1 atom stereocenters. The van der Waals surface area contributed by atoms with Crippen LogP contribution in [0.5, 0.6) is 0 Å². The van der Waals surface area contributed by atoms with Crippen molar-refractivity contribution < 1.29 is 5.11 Å². The summed E-state index contributed by atoms with van der Waals surface area (Å²) in [5.74, 6) is 0. The maximum atomic E-state index is 10.3. The van der Waals surface area contributed by atoms with Gasteiger partial charge >= 0.3 is 0 Å². The van der Waals surface area contributed by atoms with E-state index in [-0.39, 0.29) is 0 Å². The molecule has 0 saturated heterocycles. The lowest BCUT2D eigenvalue weighted by Gasteiger charge is -2.24. The molecule has 2 aromatic rings. The Kier molecular flexibility index (Phi) is 3.89. The topological polar surface area (TPSA) is 45.1 Å². The highest BCUT2D eigenvalue weighted by atomic mass is 32.1. The van der Waals surface area contributed by atoms with Crippen LogP contribution < -0.4 is 5.32 Å². The van der Waals surface area contributed by atoms with Gasteiger partial charge in [-0.25, -0.2) is 0 Å². The molecule has 2 N–H and O–H groups in total. The van der Waals surface area contributed by atoms with Gasteiger partial charge in [0.05, 0.1) is 11.1 Å². The number of nitrogens with zero attached hydrogens (tertiary/aromatic N) is 1. The van der Waals surface area contributed by atoms with Crippen molar-refractivity contribution in [1.82, 2.24) is 10.3 Å². The monoisotopic (exact) mass is 248 g/mol. The van der Waals surface area contributed by atoms with Crippen molar-refractivity contribution in [2.45, 2.75) is 19.1 Å². The van der Waals surface area contributed by atoms with Crippen molar-refractivity contribution in [3.05, 3.63) is 52.5 Å². The second-order valence-corrected chi connectivity index (χ2v) is 5.18. The molecule has 0 aliphatic heterocycles. The van der Waals surface area contributed by atoms with Crippen molar-refractivity contribution in [1.29, 1.82) is 0 Å². The van der Waals surface area contributed by atoms with Crippen molar-refractivity contribution in [2.24, 2.45) is 0 Å². The quantitative estimate of drug-likeness (QED) is 0.852. The zero-order chi connectivity index (χ0) is 12.1. The van der Waals surface area contributed by atoms with Crippen LogP contribution in [0.25, 0.3) is 0 Å². The Morgan fingerprint density at radius 2 is 2.12 bits per heavy atom. The first-order valence-corrected chi connectivity index (χ1v) is 6.42. The zero-order valence-electron chi connectivity index (χ0n) is 9.76. The van der Waals surface area contributed by atoms with Crippen molar-refractivity contribution in [3.8, 4) is 0 Å². The molecule has 3 nitrogen and oxygen atoms in total. The van der Waals surface area contributed by atoms with E-state index in [0.717, 1.165) is 12.1 Å². The van der Waals surface area contributed by atoms with Gasteiger partial charge in [-0.3, -0.25) is 4.98 Å². The van der Waals surface area contributed by atoms with Crippen LogP contribution in [0.2, 0.25) is 0 Å². The number of nitrogens with one attached hydrogen (secondary N) is 1. The first-order chi connectivity index (χ1) is 8.18. The van der Waals surface area contributed by atoms with Crippen molar-refractivity contribution in [3.63, 3.8) is 0 Å². The smallest absolute Gasteiger partial charge is 0.0992 e. The van der Waals surface area contributed by atoms with Crippen molar-refractivity contribution >= 4 is 11.3 Å². The molecule has 1 heterocycles. The van der Waals surface area contributed by atoms with E-state index >= 15 is 0 Å². The maximum Gasteiger partial charge on any atom is 0.0992 e. The summed E-state index contributed by atoms with van der Waals surface area (Å²) in [6, 6.07) is 9.70. The SMILES string of the molecule is CC(O)(CNCc1cncs1)c1ccccc1. The van der Waals surface area contributed by atoms with Gasteiger partial charge in [0.25, 0.3) is 0 Å². The molecule has 2 rings (SSSR count). The maximum absolute atomic E-state index is 10.3. The minimum Gasteiger partial charge on any atom is -0.384 e. The Hall–Kier alpha value is -1.23. The normalized spacial score (nSPS) is 14.5. The van der Waals surface area contributed by atoms with Crippen LogP contribution in [0.15, 0.2) is 42.0 Å². The van der Waals surface area contributed by atoms with E-state index in [2.05, 4.69) is 10.3 Å². The predicted molar refractivity (Wildman–Crippen MR) is 69.8 cm³/mol. The van der Waals surface area contributed by atoms with E-state index in [1.807, 2.05) is 49.0 Å². The number of aliphatic hydroxyl groups is 1. The van der Waals surface area contributed by atoms with Gasteiger partial charge in [-0.15, -0.1) is 11.3 Å². The molecule has 0 bridgehead atoms. The molecule has 0 aliphatic carbocycles. The second kappa shape index (κ2) is 5.40. The molecule has 1 aromatic carbocycles. The molecule has 17 heavy (non-hydrogen) atoms. The summed E-state index contributed by atoms with van der Waals surface area (Å²) in [6.07, 6.45) is 1.84. The molecular formula is C13H16N2OS. The van der Waals surface area contributed by atoms with E-state index < -0.39 is 5.60 Å². The van der Waals surface area contributed by atoms with E-state index in [4.69, 9.17) is 0 Å². The fourth-order valence-corrected chi connectivity index (χ4v) is 2.22. The molecule has 0 fully saturated rings. The van der Waals surface area contributed by atoms with Crippen molar-refractivity contribution in [2.75, 3.05) is 6.54 Å². The van der Waals surface area contributed by atoms with Crippen LogP contribution in [-0.2, 0) is 12.1 Å². The summed E-state index contributed by atoms with van der Waals surface area (Å²) in [5.41, 5.74) is 1.90. The minimum atomic E-state index is -0.841. The number of thiazole rings is 1. The molecule has 0 aliphatic rings.